The molecular formula is C49H80O12. The van der Waals surface area contributed by atoms with E-state index in [9.17, 15) is 28.8 Å². The number of ether oxygens (including phenoxy) is 6. The molecule has 2 unspecified atom stereocenters. The van der Waals surface area contributed by atoms with Crippen LogP contribution in [0.4, 0.5) is 4.79 Å². The molecule has 10 atom stereocenters. The topological polar surface area (TPSA) is 158 Å². The highest BCUT2D eigenvalue weighted by molar-refractivity contribution is 5.79. The van der Waals surface area contributed by atoms with Crippen molar-refractivity contribution < 1.29 is 57.2 Å². The second-order valence-corrected chi connectivity index (χ2v) is 19.7. The summed E-state index contributed by atoms with van der Waals surface area (Å²) in [4.78, 5) is 75.9. The Bertz CT molecular complexity index is 1420. The average Bonchev–Trinajstić information content (AvgIpc) is 3.56. The molecule has 0 aliphatic heterocycles. The Kier molecular flexibility index (Phi) is 20.4. The molecule has 4 aliphatic rings. The van der Waals surface area contributed by atoms with Crippen LogP contribution in [0.25, 0.3) is 0 Å². The number of rotatable bonds is 25. The van der Waals surface area contributed by atoms with Crippen molar-refractivity contribution in [3.63, 3.8) is 0 Å². The van der Waals surface area contributed by atoms with Crippen LogP contribution in [0.3, 0.4) is 0 Å². The highest BCUT2D eigenvalue weighted by Crippen LogP contribution is 2.67. The molecule has 4 rings (SSSR count). The number of carbonyl (C=O) groups is 6. The van der Waals surface area contributed by atoms with Crippen LogP contribution in [-0.4, -0.2) is 67.5 Å². The predicted octanol–water partition coefficient (Wildman–Crippen LogP) is 10.8. The van der Waals surface area contributed by atoms with Gasteiger partial charge in [0.1, 0.15) is 25.1 Å². The summed E-state index contributed by atoms with van der Waals surface area (Å²) >= 11 is 0. The van der Waals surface area contributed by atoms with Crippen molar-refractivity contribution in [3.05, 3.63) is 0 Å². The first-order valence-corrected chi connectivity index (χ1v) is 24.2. The van der Waals surface area contributed by atoms with Crippen LogP contribution in [0.5, 0.6) is 0 Å². The van der Waals surface area contributed by atoms with E-state index in [1.165, 1.54) is 13.3 Å². The number of Topliss-reactive ketones (excluding diaryl/α,β-unsaturated/α-hetero) is 1. The Morgan fingerprint density at radius 1 is 0.607 bits per heavy atom. The maximum atomic E-state index is 13.0. The lowest BCUT2D eigenvalue weighted by atomic mass is 9.44. The van der Waals surface area contributed by atoms with Gasteiger partial charge in [-0.2, -0.15) is 0 Å². The summed E-state index contributed by atoms with van der Waals surface area (Å²) in [6, 6.07) is 0. The van der Waals surface area contributed by atoms with Gasteiger partial charge in [-0.05, 0) is 118 Å². The Morgan fingerprint density at radius 2 is 1.16 bits per heavy atom. The van der Waals surface area contributed by atoms with Crippen molar-refractivity contribution >= 4 is 35.8 Å². The van der Waals surface area contributed by atoms with Crippen molar-refractivity contribution in [2.75, 3.05) is 13.2 Å². The second kappa shape index (κ2) is 24.6. The molecule has 0 aromatic heterocycles. The maximum Gasteiger partial charge on any atom is 0.511 e. The molecule has 0 spiro atoms. The molecule has 4 saturated carbocycles. The highest BCUT2D eigenvalue weighted by atomic mass is 16.8. The fourth-order valence-electron chi connectivity index (χ4n) is 11.8. The SMILES string of the molecule is CCCCCCCC(=O)OCC(COC(=O)CCCCCCC)OC(=O)CC(C)CC(=O)OC(C)OC(=O)O[C@@H]1CC[C@@]2(C)[C@@H](CC[C@@H]3[C@@H]2CC[C@]2(C)[C@@H](C(C)=O)CC[C@@H]32)C1. The van der Waals surface area contributed by atoms with Crippen molar-refractivity contribution in [1.29, 1.82) is 0 Å². The van der Waals surface area contributed by atoms with Gasteiger partial charge in [-0.25, -0.2) is 4.79 Å². The van der Waals surface area contributed by atoms with Gasteiger partial charge in [0.15, 0.2) is 6.10 Å². The first-order valence-electron chi connectivity index (χ1n) is 24.2. The molecule has 0 amide bonds. The van der Waals surface area contributed by atoms with Crippen LogP contribution in [0, 0.1) is 46.3 Å². The third-order valence-corrected chi connectivity index (χ3v) is 15.1. The summed E-state index contributed by atoms with van der Waals surface area (Å²) in [5.41, 5.74) is 0.320. The zero-order valence-electron chi connectivity index (χ0n) is 38.8. The zero-order valence-corrected chi connectivity index (χ0v) is 38.8. The van der Waals surface area contributed by atoms with Gasteiger partial charge in [0, 0.05) is 38.5 Å². The molecule has 0 heterocycles. The van der Waals surface area contributed by atoms with Gasteiger partial charge in [-0.3, -0.25) is 24.0 Å². The molecule has 0 bridgehead atoms. The number of esters is 4. The molecule has 61 heavy (non-hydrogen) atoms. The van der Waals surface area contributed by atoms with Crippen molar-refractivity contribution in [2.24, 2.45) is 46.3 Å². The Morgan fingerprint density at radius 3 is 1.75 bits per heavy atom. The van der Waals surface area contributed by atoms with Crippen LogP contribution in [0.1, 0.15) is 196 Å². The lowest BCUT2D eigenvalue weighted by Crippen LogP contribution is -2.54. The van der Waals surface area contributed by atoms with Gasteiger partial charge < -0.3 is 28.4 Å². The number of hydrogen-bond donors (Lipinski definition) is 0. The standard InChI is InChI=1S/C49H80O12/c1-8-10-12-14-16-18-43(51)56-31-38(32-57-44(52)19-17-15-13-11-9-2)60-46(54)29-33(3)28-45(53)58-35(5)59-47(55)61-37-24-26-48(6)36(30-37)20-21-39-41-23-22-40(34(4)50)49(41,7)27-25-42(39)48/h33,35-42H,8-32H2,1-7H3/t33?,35?,36-,37+,39-,40+,41-,42-,48-,49+/m0/s1. The summed E-state index contributed by atoms with van der Waals surface area (Å²) in [6.45, 7) is 13.5. The molecule has 4 fully saturated rings. The molecule has 0 aromatic rings. The van der Waals surface area contributed by atoms with Gasteiger partial charge >= 0.3 is 30.0 Å². The normalized spacial score (nSPS) is 28.9. The molecule has 0 radical (unpaired) electrons. The third kappa shape index (κ3) is 15.0. The van der Waals surface area contributed by atoms with E-state index in [4.69, 9.17) is 28.4 Å². The largest absolute Gasteiger partial charge is 0.511 e. The molecular weight excluding hydrogens is 781 g/mol. The predicted molar refractivity (Wildman–Crippen MR) is 230 cm³/mol. The molecule has 0 N–H and O–H groups in total. The fraction of sp³-hybridized carbons (Fsp3) is 0.878. The van der Waals surface area contributed by atoms with E-state index in [0.29, 0.717) is 42.3 Å². The van der Waals surface area contributed by atoms with Gasteiger partial charge in [0.05, 0.1) is 0 Å². The van der Waals surface area contributed by atoms with E-state index in [1.54, 1.807) is 13.8 Å². The number of fused-ring (bicyclic) bond motifs is 5. The van der Waals surface area contributed by atoms with Crippen LogP contribution < -0.4 is 0 Å². The summed E-state index contributed by atoms with van der Waals surface area (Å²) in [5, 5.41) is 0. The summed E-state index contributed by atoms with van der Waals surface area (Å²) < 4.78 is 32.9. The van der Waals surface area contributed by atoms with Gasteiger partial charge in [0.25, 0.3) is 0 Å². The van der Waals surface area contributed by atoms with E-state index in [0.717, 1.165) is 103 Å². The minimum absolute atomic E-state index is 0.130. The average molecular weight is 861 g/mol. The van der Waals surface area contributed by atoms with Crippen molar-refractivity contribution in [3.8, 4) is 0 Å². The van der Waals surface area contributed by atoms with Crippen molar-refractivity contribution in [2.45, 2.75) is 215 Å². The quantitative estimate of drug-likeness (QED) is 0.0371. The Balaban J connectivity index is 1.17. The maximum absolute atomic E-state index is 13.0. The lowest BCUT2D eigenvalue weighted by molar-refractivity contribution is -0.173. The first-order chi connectivity index (χ1) is 29.1. The van der Waals surface area contributed by atoms with E-state index >= 15 is 0 Å². The summed E-state index contributed by atoms with van der Waals surface area (Å²) in [6.07, 6.45) is 16.0. The number of carbonyl (C=O) groups excluding carboxylic acids is 6. The monoisotopic (exact) mass is 861 g/mol. The number of hydrogen-bond acceptors (Lipinski definition) is 12. The van der Waals surface area contributed by atoms with E-state index in [-0.39, 0.29) is 61.7 Å². The van der Waals surface area contributed by atoms with Crippen molar-refractivity contribution in [1.82, 2.24) is 0 Å². The van der Waals surface area contributed by atoms with Crippen LogP contribution in [-0.2, 0) is 52.4 Å². The molecule has 348 valence electrons. The summed E-state index contributed by atoms with van der Waals surface area (Å²) in [7, 11) is 0. The second-order valence-electron chi connectivity index (χ2n) is 19.7. The minimum atomic E-state index is -1.18. The van der Waals surface area contributed by atoms with Crippen LogP contribution in [0.2, 0.25) is 0 Å². The zero-order chi connectivity index (χ0) is 44.6. The summed E-state index contributed by atoms with van der Waals surface area (Å²) in [5.74, 6) is 0.345. The third-order valence-electron chi connectivity index (χ3n) is 15.1. The molecule has 4 aliphatic carbocycles. The number of unbranched alkanes of at least 4 members (excludes halogenated alkanes) is 8. The van der Waals surface area contributed by atoms with Gasteiger partial charge in [-0.15, -0.1) is 0 Å². The Hall–Kier alpha value is -3.18. The lowest BCUT2D eigenvalue weighted by Gasteiger charge is -2.61. The molecule has 0 aromatic carbocycles. The van der Waals surface area contributed by atoms with Crippen LogP contribution >= 0.6 is 0 Å². The Labute approximate surface area is 366 Å². The fourth-order valence-corrected chi connectivity index (χ4v) is 11.8. The minimum Gasteiger partial charge on any atom is -0.462 e. The van der Waals surface area contributed by atoms with E-state index in [2.05, 4.69) is 27.7 Å². The van der Waals surface area contributed by atoms with Gasteiger partial charge in [0.2, 0.25) is 6.29 Å². The number of ketones is 1. The smallest absolute Gasteiger partial charge is 0.462 e. The van der Waals surface area contributed by atoms with E-state index < -0.39 is 48.3 Å². The van der Waals surface area contributed by atoms with E-state index in [1.807, 2.05) is 0 Å². The molecule has 12 heteroatoms. The molecule has 12 nitrogen and oxygen atoms in total. The van der Waals surface area contributed by atoms with Crippen LogP contribution in [0.15, 0.2) is 0 Å². The van der Waals surface area contributed by atoms with Gasteiger partial charge in [-0.1, -0.05) is 86.0 Å². The first kappa shape index (κ1) is 50.5. The molecule has 0 saturated heterocycles. The highest BCUT2D eigenvalue weighted by Gasteiger charge is 2.61.